The van der Waals surface area contributed by atoms with Crippen molar-refractivity contribution in [3.8, 4) is 17.1 Å². The van der Waals surface area contributed by atoms with Crippen LogP contribution in [0.2, 0.25) is 0 Å². The molecule has 4 rings (SSSR count). The Morgan fingerprint density at radius 1 is 1.19 bits per heavy atom. The zero-order valence-electron chi connectivity index (χ0n) is 15.3. The maximum Gasteiger partial charge on any atom is 0.244 e. The van der Waals surface area contributed by atoms with Gasteiger partial charge >= 0.3 is 0 Å². The molecule has 2 aromatic rings. The number of likely N-dealkylation sites (tertiary alicyclic amines) is 2. The van der Waals surface area contributed by atoms with Gasteiger partial charge in [0.25, 0.3) is 0 Å². The van der Waals surface area contributed by atoms with Gasteiger partial charge in [-0.05, 0) is 63.7 Å². The van der Waals surface area contributed by atoms with Crippen molar-refractivity contribution < 1.29 is 14.4 Å². The molecule has 1 aromatic heterocycles. The fourth-order valence-electron chi connectivity index (χ4n) is 4.04. The Morgan fingerprint density at radius 3 is 2.62 bits per heavy atom. The molecule has 26 heavy (non-hydrogen) atoms. The molecule has 0 aliphatic carbocycles. The minimum atomic E-state index is -0.337. The predicted octanol–water partition coefficient (Wildman–Crippen LogP) is 1.95. The minimum absolute atomic E-state index is 0.00194. The molecule has 0 amide bonds. The first-order chi connectivity index (χ1) is 12.6. The molecule has 7 nitrogen and oxygen atoms in total. The Hall–Kier alpha value is -1.96. The first-order valence-electron chi connectivity index (χ1n) is 9.24. The van der Waals surface area contributed by atoms with Crippen molar-refractivity contribution in [1.29, 1.82) is 0 Å². The van der Waals surface area contributed by atoms with Gasteiger partial charge in [-0.15, -0.1) is 0 Å². The summed E-state index contributed by atoms with van der Waals surface area (Å²) in [5.74, 6) is 1.98. The maximum atomic E-state index is 10.2. The number of benzene rings is 1. The molecule has 2 aliphatic rings. The van der Waals surface area contributed by atoms with E-state index in [1.54, 1.807) is 7.11 Å². The Morgan fingerprint density at radius 2 is 1.92 bits per heavy atom. The number of nitrogens with zero attached hydrogens (tertiary/aromatic N) is 4. The van der Waals surface area contributed by atoms with E-state index < -0.39 is 0 Å². The largest absolute Gasteiger partial charge is 0.497 e. The number of aromatic nitrogens is 2. The summed E-state index contributed by atoms with van der Waals surface area (Å²) in [5, 5.41) is 14.4. The highest BCUT2D eigenvalue weighted by Gasteiger charge is 2.40. The maximum absolute atomic E-state index is 10.2. The van der Waals surface area contributed by atoms with Gasteiger partial charge in [-0.1, -0.05) is 5.16 Å². The number of aliphatic hydroxyl groups excluding tert-OH is 1. The van der Waals surface area contributed by atoms with Crippen LogP contribution in [-0.4, -0.2) is 71.0 Å². The Balaban J connectivity index is 1.53. The van der Waals surface area contributed by atoms with Crippen molar-refractivity contribution in [3.05, 3.63) is 30.2 Å². The van der Waals surface area contributed by atoms with Gasteiger partial charge in [-0.2, -0.15) is 4.98 Å². The Bertz CT molecular complexity index is 725. The van der Waals surface area contributed by atoms with Gasteiger partial charge in [-0.25, -0.2) is 0 Å². The molecule has 2 aliphatic heterocycles. The fourth-order valence-corrected chi connectivity index (χ4v) is 4.04. The van der Waals surface area contributed by atoms with E-state index in [4.69, 9.17) is 9.26 Å². The third kappa shape index (κ3) is 3.47. The van der Waals surface area contributed by atoms with E-state index in [9.17, 15) is 5.11 Å². The summed E-state index contributed by atoms with van der Waals surface area (Å²) in [7, 11) is 3.80. The summed E-state index contributed by atoms with van der Waals surface area (Å²) in [6.45, 7) is 2.86. The molecule has 1 aromatic carbocycles. The van der Waals surface area contributed by atoms with Crippen LogP contribution in [0, 0.1) is 0 Å². The average molecular weight is 358 g/mol. The molecule has 3 heterocycles. The lowest BCUT2D eigenvalue weighted by Gasteiger charge is -2.37. The number of aliphatic hydroxyl groups is 1. The van der Waals surface area contributed by atoms with E-state index in [0.29, 0.717) is 30.7 Å². The molecule has 0 bridgehead atoms. The fraction of sp³-hybridized carbons (Fsp3) is 0.579. The molecule has 0 radical (unpaired) electrons. The van der Waals surface area contributed by atoms with E-state index in [0.717, 1.165) is 37.2 Å². The zero-order chi connectivity index (χ0) is 18.1. The summed E-state index contributed by atoms with van der Waals surface area (Å²) in [5.41, 5.74) is 0.894. The van der Waals surface area contributed by atoms with Crippen LogP contribution in [0.15, 0.2) is 28.8 Å². The highest BCUT2D eigenvalue weighted by molar-refractivity contribution is 5.55. The Kier molecular flexibility index (Phi) is 4.93. The second-order valence-corrected chi connectivity index (χ2v) is 7.32. The molecule has 2 fully saturated rings. The van der Waals surface area contributed by atoms with Crippen LogP contribution in [0.4, 0.5) is 0 Å². The molecule has 0 unspecified atom stereocenters. The number of β-amino-alcohol motifs (C(OH)–C–C–N with tert-alkyl or cyclic N) is 1. The predicted molar refractivity (Wildman–Crippen MR) is 96.9 cm³/mol. The van der Waals surface area contributed by atoms with Crippen molar-refractivity contribution >= 4 is 0 Å². The Labute approximate surface area is 153 Å². The molecular formula is C19H26N4O3. The zero-order valence-corrected chi connectivity index (χ0v) is 15.3. The molecule has 2 atom stereocenters. The highest BCUT2D eigenvalue weighted by Crippen LogP contribution is 2.36. The van der Waals surface area contributed by atoms with E-state index in [2.05, 4.69) is 27.0 Å². The van der Waals surface area contributed by atoms with Crippen LogP contribution in [0.3, 0.4) is 0 Å². The monoisotopic (exact) mass is 358 g/mol. The lowest BCUT2D eigenvalue weighted by molar-refractivity contribution is 0.0881. The van der Waals surface area contributed by atoms with Crippen molar-refractivity contribution in [3.63, 3.8) is 0 Å². The molecule has 0 spiro atoms. The van der Waals surface area contributed by atoms with E-state index in [1.807, 2.05) is 24.3 Å². The molecule has 0 saturated carbocycles. The van der Waals surface area contributed by atoms with Crippen LogP contribution in [0.25, 0.3) is 11.4 Å². The number of piperidine rings is 1. The second kappa shape index (κ2) is 7.34. The SMILES string of the molecule is COc1ccc(-c2noc([C@@H]3C[C@@H](O)CN3C3CCN(C)CC3)n2)cc1. The van der Waals surface area contributed by atoms with Crippen LogP contribution in [0.1, 0.15) is 31.2 Å². The summed E-state index contributed by atoms with van der Waals surface area (Å²) in [6, 6.07) is 8.07. The van der Waals surface area contributed by atoms with Gasteiger partial charge in [0.05, 0.1) is 19.3 Å². The molecule has 2 saturated heterocycles. The number of hydrogen-bond donors (Lipinski definition) is 1. The molecular weight excluding hydrogens is 332 g/mol. The van der Waals surface area contributed by atoms with Gasteiger partial charge in [0.1, 0.15) is 5.75 Å². The number of hydrogen-bond acceptors (Lipinski definition) is 7. The molecule has 140 valence electrons. The smallest absolute Gasteiger partial charge is 0.244 e. The summed E-state index contributed by atoms with van der Waals surface area (Å²) in [6.07, 6.45) is 2.53. The first kappa shape index (κ1) is 17.5. The highest BCUT2D eigenvalue weighted by atomic mass is 16.5. The van der Waals surface area contributed by atoms with E-state index in [-0.39, 0.29) is 12.1 Å². The standard InChI is InChI=1S/C19H26N4O3/c1-22-9-7-14(8-10-22)23-12-15(24)11-17(23)19-20-18(21-26-19)13-3-5-16(25-2)6-4-13/h3-6,14-15,17,24H,7-12H2,1-2H3/t15-,17+/m1/s1. The van der Waals surface area contributed by atoms with Crippen molar-refractivity contribution in [2.75, 3.05) is 33.8 Å². The average Bonchev–Trinajstić information content (AvgIpc) is 3.29. The molecule has 7 heteroatoms. The lowest BCUT2D eigenvalue weighted by Crippen LogP contribution is -2.43. The lowest BCUT2D eigenvalue weighted by atomic mass is 10.0. The summed E-state index contributed by atoms with van der Waals surface area (Å²) >= 11 is 0. The van der Waals surface area contributed by atoms with Crippen molar-refractivity contribution in [2.45, 2.75) is 37.5 Å². The topological polar surface area (TPSA) is 74.9 Å². The minimum Gasteiger partial charge on any atom is -0.497 e. The molecule has 1 N–H and O–H groups in total. The van der Waals surface area contributed by atoms with Gasteiger partial charge in [0.15, 0.2) is 0 Å². The normalized spacial score (nSPS) is 25.7. The van der Waals surface area contributed by atoms with Gasteiger partial charge in [0.2, 0.25) is 11.7 Å². The van der Waals surface area contributed by atoms with Crippen LogP contribution in [0.5, 0.6) is 5.75 Å². The number of rotatable bonds is 4. The quantitative estimate of drug-likeness (QED) is 0.895. The van der Waals surface area contributed by atoms with Crippen molar-refractivity contribution in [1.82, 2.24) is 19.9 Å². The number of methoxy groups -OCH3 is 1. The van der Waals surface area contributed by atoms with Gasteiger partial charge < -0.3 is 19.3 Å². The third-order valence-corrected chi connectivity index (χ3v) is 5.55. The van der Waals surface area contributed by atoms with E-state index >= 15 is 0 Å². The van der Waals surface area contributed by atoms with Crippen LogP contribution >= 0.6 is 0 Å². The van der Waals surface area contributed by atoms with Gasteiger partial charge in [0, 0.05) is 18.2 Å². The van der Waals surface area contributed by atoms with E-state index in [1.165, 1.54) is 0 Å². The third-order valence-electron chi connectivity index (χ3n) is 5.55. The van der Waals surface area contributed by atoms with Crippen molar-refractivity contribution in [2.24, 2.45) is 0 Å². The number of ether oxygens (including phenoxy) is 1. The van der Waals surface area contributed by atoms with Crippen LogP contribution in [-0.2, 0) is 0 Å². The van der Waals surface area contributed by atoms with Gasteiger partial charge in [-0.3, -0.25) is 4.90 Å². The van der Waals surface area contributed by atoms with Crippen LogP contribution < -0.4 is 4.74 Å². The first-order valence-corrected chi connectivity index (χ1v) is 9.24. The second-order valence-electron chi connectivity index (χ2n) is 7.32. The summed E-state index contributed by atoms with van der Waals surface area (Å²) < 4.78 is 10.8. The summed E-state index contributed by atoms with van der Waals surface area (Å²) in [4.78, 5) is 9.35.